The number of ether oxygens (including phenoxy) is 2. The summed E-state index contributed by atoms with van der Waals surface area (Å²) in [7, 11) is 0. The molecule has 0 N–H and O–H groups in total. The summed E-state index contributed by atoms with van der Waals surface area (Å²) in [6.07, 6.45) is 4.10. The summed E-state index contributed by atoms with van der Waals surface area (Å²) in [6, 6.07) is 14.5. The predicted molar refractivity (Wildman–Crippen MR) is 176 cm³/mol. The lowest BCUT2D eigenvalue weighted by atomic mass is 9.94. The van der Waals surface area contributed by atoms with Crippen molar-refractivity contribution in [1.29, 1.82) is 0 Å². The van der Waals surface area contributed by atoms with Gasteiger partial charge in [-0.1, -0.05) is 24.3 Å². The number of nitrogens with zero attached hydrogens (tertiary/aromatic N) is 2. The molecule has 2 amide bonds. The first-order valence-electron chi connectivity index (χ1n) is 14.0. The summed E-state index contributed by atoms with van der Waals surface area (Å²) in [5, 5.41) is 0. The Morgan fingerprint density at radius 3 is 1.23 bits per heavy atom. The quantitative estimate of drug-likeness (QED) is 0.141. The molecule has 0 aliphatic carbocycles. The molecular formula is C30H42N2O4S4. The van der Waals surface area contributed by atoms with Crippen LogP contribution in [0.4, 0.5) is 0 Å². The average molecular weight is 623 g/mol. The van der Waals surface area contributed by atoms with Gasteiger partial charge in [-0.05, 0) is 84.1 Å². The van der Waals surface area contributed by atoms with Crippen LogP contribution >= 0.6 is 50.5 Å². The van der Waals surface area contributed by atoms with Crippen LogP contribution < -0.4 is 9.47 Å². The monoisotopic (exact) mass is 622 g/mol. The summed E-state index contributed by atoms with van der Waals surface area (Å²) >= 11 is 17.2. The van der Waals surface area contributed by atoms with Gasteiger partial charge in [-0.3, -0.25) is 9.59 Å². The minimum Gasteiger partial charge on any atom is -0.494 e. The van der Waals surface area contributed by atoms with Crippen molar-refractivity contribution in [2.45, 2.75) is 50.6 Å². The molecule has 6 nitrogen and oxygen atoms in total. The molecular weight excluding hydrogens is 581 g/mol. The molecule has 0 radical (unpaired) electrons. The largest absolute Gasteiger partial charge is 0.494 e. The fourth-order valence-electron chi connectivity index (χ4n) is 4.76. The molecule has 1 fully saturated rings. The minimum atomic E-state index is -0.554. The van der Waals surface area contributed by atoms with Crippen molar-refractivity contribution in [3.05, 3.63) is 59.7 Å². The highest BCUT2D eigenvalue weighted by Gasteiger charge is 2.45. The molecule has 2 aromatic carbocycles. The van der Waals surface area contributed by atoms with E-state index in [4.69, 9.17) is 9.47 Å². The molecule has 3 rings (SSSR count). The maximum absolute atomic E-state index is 14.0. The topological polar surface area (TPSA) is 59.1 Å². The van der Waals surface area contributed by atoms with E-state index >= 15 is 0 Å². The third-order valence-electron chi connectivity index (χ3n) is 6.85. The first-order valence-corrected chi connectivity index (χ1v) is 16.5. The highest BCUT2D eigenvalue weighted by atomic mass is 32.1. The van der Waals surface area contributed by atoms with Gasteiger partial charge in [0.05, 0.1) is 13.2 Å². The van der Waals surface area contributed by atoms with Crippen LogP contribution in [0.5, 0.6) is 11.5 Å². The highest BCUT2D eigenvalue weighted by Crippen LogP contribution is 2.26. The van der Waals surface area contributed by atoms with E-state index in [-0.39, 0.29) is 11.8 Å². The third-order valence-corrected chi connectivity index (χ3v) is 8.12. The molecule has 0 aromatic heterocycles. The summed E-state index contributed by atoms with van der Waals surface area (Å²) in [4.78, 5) is 31.6. The van der Waals surface area contributed by atoms with Crippen molar-refractivity contribution in [2.75, 3.05) is 49.3 Å². The molecule has 1 saturated heterocycles. The second-order valence-corrected chi connectivity index (χ2v) is 11.6. The van der Waals surface area contributed by atoms with Crippen LogP contribution in [0, 0.1) is 0 Å². The Bertz CT molecular complexity index is 956. The molecule has 0 spiro atoms. The number of benzene rings is 2. The van der Waals surface area contributed by atoms with Gasteiger partial charge in [-0.2, -0.15) is 50.5 Å². The van der Waals surface area contributed by atoms with E-state index in [9.17, 15) is 9.59 Å². The summed E-state index contributed by atoms with van der Waals surface area (Å²) in [5.41, 5.74) is 1.98. The van der Waals surface area contributed by atoms with Crippen molar-refractivity contribution >= 4 is 62.3 Å². The Labute approximate surface area is 261 Å². The van der Waals surface area contributed by atoms with Crippen LogP contribution in [0.25, 0.3) is 0 Å². The van der Waals surface area contributed by atoms with E-state index in [1.165, 1.54) is 0 Å². The van der Waals surface area contributed by atoms with Crippen molar-refractivity contribution in [3.63, 3.8) is 0 Å². The lowest BCUT2D eigenvalue weighted by molar-refractivity contribution is -0.161. The molecule has 0 saturated carbocycles. The van der Waals surface area contributed by atoms with Gasteiger partial charge in [0.15, 0.2) is 0 Å². The van der Waals surface area contributed by atoms with Crippen LogP contribution in [-0.4, -0.2) is 83.0 Å². The SMILES string of the molecule is O=C1[C@@H](Cc2ccc(OCCCS)cc2)N(CCCS)C(=O)[C@@H](Cc2ccc(OCCCS)cc2)N1CCCS. The van der Waals surface area contributed by atoms with Gasteiger partial charge in [0, 0.05) is 25.9 Å². The van der Waals surface area contributed by atoms with Gasteiger partial charge >= 0.3 is 0 Å². The fourth-order valence-corrected chi connectivity index (χ4v) is 5.31. The number of carbonyl (C=O) groups is 2. The number of rotatable bonds is 18. The number of hydrogen-bond acceptors (Lipinski definition) is 8. The molecule has 2 aromatic rings. The number of thiol groups is 4. The first-order chi connectivity index (χ1) is 19.5. The number of amides is 2. The maximum atomic E-state index is 14.0. The van der Waals surface area contributed by atoms with E-state index in [2.05, 4.69) is 50.5 Å². The number of hydrogen-bond donors (Lipinski definition) is 4. The van der Waals surface area contributed by atoms with Crippen molar-refractivity contribution in [3.8, 4) is 11.5 Å². The molecule has 1 aliphatic heterocycles. The van der Waals surface area contributed by atoms with Gasteiger partial charge in [-0.15, -0.1) is 0 Å². The van der Waals surface area contributed by atoms with Crippen LogP contribution in [0.2, 0.25) is 0 Å². The van der Waals surface area contributed by atoms with Gasteiger partial charge < -0.3 is 19.3 Å². The normalized spacial score (nSPS) is 17.4. The lowest BCUT2D eigenvalue weighted by Crippen LogP contribution is -2.66. The lowest BCUT2D eigenvalue weighted by Gasteiger charge is -2.45. The third kappa shape index (κ3) is 9.74. The Hall–Kier alpha value is -1.62. The zero-order valence-corrected chi connectivity index (χ0v) is 26.6. The maximum Gasteiger partial charge on any atom is 0.246 e. The molecule has 1 aliphatic rings. The second-order valence-electron chi connectivity index (χ2n) is 9.80. The summed E-state index contributed by atoms with van der Waals surface area (Å²) in [5.74, 6) is 4.41. The fraction of sp³-hybridized carbons (Fsp3) is 0.533. The van der Waals surface area contributed by atoms with Gasteiger partial charge in [-0.25, -0.2) is 0 Å². The van der Waals surface area contributed by atoms with Crippen LogP contribution in [-0.2, 0) is 22.4 Å². The van der Waals surface area contributed by atoms with E-state index < -0.39 is 12.1 Å². The van der Waals surface area contributed by atoms with E-state index in [1.54, 1.807) is 9.80 Å². The minimum absolute atomic E-state index is 0.00800. The number of carbonyl (C=O) groups excluding carboxylic acids is 2. The molecule has 1 heterocycles. The Kier molecular flexibility index (Phi) is 14.8. The summed E-state index contributed by atoms with van der Waals surface area (Å²) < 4.78 is 11.5. The van der Waals surface area contributed by atoms with E-state index in [0.29, 0.717) is 50.7 Å². The zero-order valence-electron chi connectivity index (χ0n) is 23.0. The van der Waals surface area contributed by atoms with Crippen LogP contribution in [0.3, 0.4) is 0 Å². The Morgan fingerprint density at radius 1 is 0.550 bits per heavy atom. The van der Waals surface area contributed by atoms with Crippen molar-refractivity contribution < 1.29 is 19.1 Å². The van der Waals surface area contributed by atoms with E-state index in [0.717, 1.165) is 59.8 Å². The van der Waals surface area contributed by atoms with Crippen LogP contribution in [0.15, 0.2) is 48.5 Å². The van der Waals surface area contributed by atoms with Gasteiger partial charge in [0.1, 0.15) is 23.6 Å². The Balaban J connectivity index is 1.80. The number of piperazine rings is 1. The average Bonchev–Trinajstić information content (AvgIpc) is 2.97. The van der Waals surface area contributed by atoms with Crippen molar-refractivity contribution in [2.24, 2.45) is 0 Å². The second kappa shape index (κ2) is 18.0. The first kappa shape index (κ1) is 32.9. The molecule has 10 heteroatoms. The highest BCUT2D eigenvalue weighted by molar-refractivity contribution is 7.80. The molecule has 40 heavy (non-hydrogen) atoms. The molecule has 0 bridgehead atoms. The molecule has 2 atom stereocenters. The Morgan fingerprint density at radius 2 is 0.900 bits per heavy atom. The van der Waals surface area contributed by atoms with Crippen LogP contribution in [0.1, 0.15) is 36.8 Å². The van der Waals surface area contributed by atoms with Gasteiger partial charge in [0.25, 0.3) is 0 Å². The summed E-state index contributed by atoms with van der Waals surface area (Å²) in [6.45, 7) is 2.23. The van der Waals surface area contributed by atoms with E-state index in [1.807, 2.05) is 48.5 Å². The molecule has 220 valence electrons. The smallest absolute Gasteiger partial charge is 0.246 e. The van der Waals surface area contributed by atoms with Crippen molar-refractivity contribution in [1.82, 2.24) is 9.80 Å². The standard InChI is InChI=1S/C30H42N2O4S4/c33-29-28(22-24-7-11-26(12-8-24)36-16-4-20-40)32(14-2-18-38)30(34)27(31(29)13-1-17-37)21-23-5-9-25(10-6-23)35-15-3-19-39/h5-12,27-28,37-40H,1-4,13-22H2/t27-,28-/m1/s1. The predicted octanol–water partition coefficient (Wildman–Crippen LogP) is 4.92. The van der Waals surface area contributed by atoms with Gasteiger partial charge in [0.2, 0.25) is 11.8 Å². The zero-order chi connectivity index (χ0) is 28.7. The molecule has 0 unspecified atom stereocenters.